The summed E-state index contributed by atoms with van der Waals surface area (Å²) in [5, 5.41) is 4.54. The Morgan fingerprint density at radius 1 is 1.12 bits per heavy atom. The van der Waals surface area contributed by atoms with E-state index in [-0.39, 0.29) is 0 Å². The summed E-state index contributed by atoms with van der Waals surface area (Å²) in [4.78, 5) is 2.51. The van der Waals surface area contributed by atoms with Gasteiger partial charge in [0.15, 0.2) is 0 Å². The van der Waals surface area contributed by atoms with Gasteiger partial charge in [-0.15, -0.1) is 0 Å². The second kappa shape index (κ2) is 8.76. The van der Waals surface area contributed by atoms with Gasteiger partial charge in [0.05, 0.1) is 10.0 Å². The summed E-state index contributed by atoms with van der Waals surface area (Å²) >= 11 is 11.2. The van der Waals surface area contributed by atoms with E-state index in [0.29, 0.717) is 10.0 Å². The van der Waals surface area contributed by atoms with E-state index in [9.17, 15) is 0 Å². The molecule has 96 valence electrons. The monoisotopic (exact) mass is 274 g/mol. The predicted molar refractivity (Wildman–Crippen MR) is 76.1 cm³/mol. The molecule has 2 nitrogen and oxygen atoms in total. The van der Waals surface area contributed by atoms with Crippen LogP contribution in [0.5, 0.6) is 0 Å². The largest absolute Gasteiger partial charge is 0.314 e. The molecule has 1 aromatic carbocycles. The van der Waals surface area contributed by atoms with Gasteiger partial charge in [0.25, 0.3) is 0 Å². The second-order valence-corrected chi connectivity index (χ2v) is 4.82. The Bertz CT molecular complexity index is 288. The van der Waals surface area contributed by atoms with Gasteiger partial charge in [-0.1, -0.05) is 42.3 Å². The summed E-state index contributed by atoms with van der Waals surface area (Å²) in [6.45, 7) is 8.37. The molecule has 2 rings (SSSR count). The van der Waals surface area contributed by atoms with Crippen LogP contribution in [0.25, 0.3) is 0 Å². The van der Waals surface area contributed by atoms with Crippen molar-refractivity contribution in [2.24, 2.45) is 0 Å². The van der Waals surface area contributed by atoms with E-state index in [1.807, 2.05) is 12.1 Å². The van der Waals surface area contributed by atoms with Crippen molar-refractivity contribution >= 4 is 23.2 Å². The summed E-state index contributed by atoms with van der Waals surface area (Å²) in [6.07, 6.45) is 1.29. The highest BCUT2D eigenvalue weighted by Gasteiger charge is 2.06. The SMILES string of the molecule is CCCN1CCNCC1.Clc1ccccc1Cl. The lowest BCUT2D eigenvalue weighted by atomic mass is 10.3. The fraction of sp³-hybridized carbons (Fsp3) is 0.538. The molecule has 1 saturated heterocycles. The Hall–Kier alpha value is -0.280. The Labute approximate surface area is 114 Å². The zero-order valence-electron chi connectivity index (χ0n) is 10.3. The molecule has 0 unspecified atom stereocenters. The summed E-state index contributed by atoms with van der Waals surface area (Å²) in [7, 11) is 0. The van der Waals surface area contributed by atoms with Crippen molar-refractivity contribution in [2.75, 3.05) is 32.7 Å². The molecule has 0 bridgehead atoms. The Kier molecular flexibility index (Phi) is 7.62. The lowest BCUT2D eigenvalue weighted by Crippen LogP contribution is -2.43. The van der Waals surface area contributed by atoms with Crippen molar-refractivity contribution in [2.45, 2.75) is 13.3 Å². The second-order valence-electron chi connectivity index (χ2n) is 4.01. The molecule has 0 atom stereocenters. The smallest absolute Gasteiger partial charge is 0.0592 e. The Balaban J connectivity index is 0.000000171. The van der Waals surface area contributed by atoms with Gasteiger partial charge in [0.2, 0.25) is 0 Å². The molecule has 0 spiro atoms. The van der Waals surface area contributed by atoms with Gasteiger partial charge >= 0.3 is 0 Å². The van der Waals surface area contributed by atoms with Crippen LogP contribution in [-0.4, -0.2) is 37.6 Å². The molecule has 1 N–H and O–H groups in total. The van der Waals surface area contributed by atoms with Crippen molar-refractivity contribution in [3.8, 4) is 0 Å². The maximum absolute atomic E-state index is 5.58. The first-order valence-corrected chi connectivity index (χ1v) is 6.82. The van der Waals surface area contributed by atoms with Crippen molar-refractivity contribution in [3.05, 3.63) is 34.3 Å². The van der Waals surface area contributed by atoms with Crippen molar-refractivity contribution < 1.29 is 0 Å². The number of nitrogens with one attached hydrogen (secondary N) is 1. The molecule has 1 heterocycles. The van der Waals surface area contributed by atoms with Crippen LogP contribution in [0.2, 0.25) is 10.0 Å². The highest BCUT2D eigenvalue weighted by molar-refractivity contribution is 6.41. The fourth-order valence-corrected chi connectivity index (χ4v) is 1.96. The van der Waals surface area contributed by atoms with E-state index in [1.165, 1.54) is 39.1 Å². The van der Waals surface area contributed by atoms with Crippen LogP contribution in [0.15, 0.2) is 24.3 Å². The molecule has 0 saturated carbocycles. The minimum absolute atomic E-state index is 0.606. The molecular formula is C13H20Cl2N2. The third-order valence-corrected chi connectivity index (χ3v) is 3.33. The number of hydrogen-bond acceptors (Lipinski definition) is 2. The lowest BCUT2D eigenvalue weighted by molar-refractivity contribution is 0.241. The standard InChI is InChI=1S/C7H16N2.C6H4Cl2/c1-2-5-9-6-3-8-4-7-9;7-5-3-1-2-4-6(5)8/h8H,2-7H2,1H3;1-4H. The van der Waals surface area contributed by atoms with E-state index in [2.05, 4.69) is 17.1 Å². The molecular weight excluding hydrogens is 255 g/mol. The van der Waals surface area contributed by atoms with Crippen molar-refractivity contribution in [1.82, 2.24) is 10.2 Å². The molecule has 17 heavy (non-hydrogen) atoms. The van der Waals surface area contributed by atoms with Gasteiger partial charge in [0, 0.05) is 26.2 Å². The van der Waals surface area contributed by atoms with Gasteiger partial charge in [-0.25, -0.2) is 0 Å². The molecule has 0 radical (unpaired) electrons. The minimum Gasteiger partial charge on any atom is -0.314 e. The van der Waals surface area contributed by atoms with E-state index < -0.39 is 0 Å². The fourth-order valence-electron chi connectivity index (χ4n) is 1.69. The van der Waals surface area contributed by atoms with Crippen LogP contribution in [0.4, 0.5) is 0 Å². The number of hydrogen-bond donors (Lipinski definition) is 1. The normalized spacial score (nSPS) is 16.2. The molecule has 0 aromatic heterocycles. The zero-order chi connectivity index (χ0) is 12.5. The van der Waals surface area contributed by atoms with Gasteiger partial charge in [-0.05, 0) is 25.1 Å². The number of nitrogens with zero attached hydrogens (tertiary/aromatic N) is 1. The average molecular weight is 275 g/mol. The predicted octanol–water partition coefficient (Wildman–Crippen LogP) is 3.30. The molecule has 1 aliphatic heterocycles. The number of halogens is 2. The van der Waals surface area contributed by atoms with E-state index in [0.717, 1.165) is 0 Å². The molecule has 1 aliphatic rings. The zero-order valence-corrected chi connectivity index (χ0v) is 11.8. The molecule has 0 amide bonds. The molecule has 0 aliphatic carbocycles. The highest BCUT2D eigenvalue weighted by Crippen LogP contribution is 2.19. The van der Waals surface area contributed by atoms with Crippen LogP contribution < -0.4 is 5.32 Å². The van der Waals surface area contributed by atoms with E-state index in [4.69, 9.17) is 23.2 Å². The van der Waals surface area contributed by atoms with Crippen molar-refractivity contribution in [1.29, 1.82) is 0 Å². The molecule has 1 fully saturated rings. The maximum Gasteiger partial charge on any atom is 0.0592 e. The highest BCUT2D eigenvalue weighted by atomic mass is 35.5. The molecule has 1 aromatic rings. The first kappa shape index (κ1) is 14.8. The third kappa shape index (κ3) is 6.27. The van der Waals surface area contributed by atoms with Crippen LogP contribution in [-0.2, 0) is 0 Å². The summed E-state index contributed by atoms with van der Waals surface area (Å²) in [6, 6.07) is 7.19. The molecule has 4 heteroatoms. The lowest BCUT2D eigenvalue weighted by Gasteiger charge is -2.26. The van der Waals surface area contributed by atoms with E-state index in [1.54, 1.807) is 12.1 Å². The first-order chi connectivity index (χ1) is 8.24. The number of piperazine rings is 1. The van der Waals surface area contributed by atoms with Crippen LogP contribution in [0, 0.1) is 0 Å². The first-order valence-electron chi connectivity index (χ1n) is 6.07. The topological polar surface area (TPSA) is 15.3 Å². The van der Waals surface area contributed by atoms with Gasteiger partial charge < -0.3 is 10.2 Å². The number of rotatable bonds is 2. The Morgan fingerprint density at radius 2 is 1.65 bits per heavy atom. The maximum atomic E-state index is 5.58. The summed E-state index contributed by atoms with van der Waals surface area (Å²) in [5.41, 5.74) is 0. The quantitative estimate of drug-likeness (QED) is 0.891. The Morgan fingerprint density at radius 3 is 2.06 bits per heavy atom. The van der Waals surface area contributed by atoms with Crippen LogP contribution >= 0.6 is 23.2 Å². The third-order valence-electron chi connectivity index (χ3n) is 2.57. The average Bonchev–Trinajstić information content (AvgIpc) is 2.36. The van der Waals surface area contributed by atoms with Gasteiger partial charge in [0.1, 0.15) is 0 Å². The summed E-state index contributed by atoms with van der Waals surface area (Å²) < 4.78 is 0. The summed E-state index contributed by atoms with van der Waals surface area (Å²) in [5.74, 6) is 0. The number of benzene rings is 1. The van der Waals surface area contributed by atoms with Crippen LogP contribution in [0.1, 0.15) is 13.3 Å². The minimum atomic E-state index is 0.606. The van der Waals surface area contributed by atoms with Gasteiger partial charge in [-0.2, -0.15) is 0 Å². The van der Waals surface area contributed by atoms with Crippen LogP contribution in [0.3, 0.4) is 0 Å². The van der Waals surface area contributed by atoms with Gasteiger partial charge in [-0.3, -0.25) is 0 Å². The van der Waals surface area contributed by atoms with Crippen molar-refractivity contribution in [3.63, 3.8) is 0 Å². The van der Waals surface area contributed by atoms with E-state index >= 15 is 0 Å².